The second kappa shape index (κ2) is 7.76. The molecule has 4 rings (SSSR count). The van der Waals surface area contributed by atoms with Crippen molar-refractivity contribution in [3.05, 3.63) is 23.8 Å². The van der Waals surface area contributed by atoms with Crippen LogP contribution in [0.3, 0.4) is 0 Å². The number of carbonyl (C=O) groups excluding carboxylic acids is 2. The van der Waals surface area contributed by atoms with Crippen LogP contribution in [0.4, 0.5) is 10.5 Å². The van der Waals surface area contributed by atoms with Crippen LogP contribution in [0.15, 0.2) is 18.2 Å². The van der Waals surface area contributed by atoms with Gasteiger partial charge in [-0.15, -0.1) is 0 Å². The molecule has 1 aromatic rings. The smallest absolute Gasteiger partial charge is 0.322 e. The maximum absolute atomic E-state index is 13.0. The fourth-order valence-electron chi connectivity index (χ4n) is 4.41. The third-order valence-electron chi connectivity index (χ3n) is 5.86. The minimum atomic E-state index is -0.148. The second-order valence-electron chi connectivity index (χ2n) is 7.68. The summed E-state index contributed by atoms with van der Waals surface area (Å²) < 4.78 is 5.41. The third-order valence-corrected chi connectivity index (χ3v) is 5.86. The first-order valence-corrected chi connectivity index (χ1v) is 9.91. The SMILES string of the molecule is COc1ccc(C(=O)N2CCC(CN3CCCC3)C2)cc1N1CCNC1=O. The number of hydrogen-bond donors (Lipinski definition) is 1. The largest absolute Gasteiger partial charge is 0.495 e. The summed E-state index contributed by atoms with van der Waals surface area (Å²) >= 11 is 0. The van der Waals surface area contributed by atoms with Crippen molar-refractivity contribution < 1.29 is 14.3 Å². The zero-order valence-corrected chi connectivity index (χ0v) is 15.9. The minimum Gasteiger partial charge on any atom is -0.495 e. The van der Waals surface area contributed by atoms with Gasteiger partial charge in [-0.2, -0.15) is 0 Å². The Labute approximate surface area is 160 Å². The van der Waals surface area contributed by atoms with Gasteiger partial charge in [-0.1, -0.05) is 0 Å². The Balaban J connectivity index is 1.46. The lowest BCUT2D eigenvalue weighted by Gasteiger charge is -2.22. The third kappa shape index (κ3) is 3.74. The van der Waals surface area contributed by atoms with Gasteiger partial charge >= 0.3 is 6.03 Å². The predicted octanol–water partition coefficient (Wildman–Crippen LogP) is 1.78. The molecule has 1 unspecified atom stereocenters. The number of methoxy groups -OCH3 is 1. The molecule has 0 saturated carbocycles. The van der Waals surface area contributed by atoms with Gasteiger partial charge < -0.3 is 19.9 Å². The van der Waals surface area contributed by atoms with Crippen molar-refractivity contribution in [3.63, 3.8) is 0 Å². The van der Waals surface area contributed by atoms with E-state index in [9.17, 15) is 9.59 Å². The molecule has 3 amide bonds. The molecule has 7 nitrogen and oxygen atoms in total. The van der Waals surface area contributed by atoms with Crippen molar-refractivity contribution in [1.29, 1.82) is 0 Å². The molecule has 146 valence electrons. The van der Waals surface area contributed by atoms with E-state index < -0.39 is 0 Å². The van der Waals surface area contributed by atoms with E-state index >= 15 is 0 Å². The monoisotopic (exact) mass is 372 g/mol. The van der Waals surface area contributed by atoms with Gasteiger partial charge in [0.15, 0.2) is 0 Å². The average Bonchev–Trinajstić information content (AvgIpc) is 3.43. The van der Waals surface area contributed by atoms with Crippen molar-refractivity contribution in [2.45, 2.75) is 19.3 Å². The Bertz CT molecular complexity index is 717. The van der Waals surface area contributed by atoms with Crippen LogP contribution in [0, 0.1) is 5.92 Å². The Morgan fingerprint density at radius 1 is 1.22 bits per heavy atom. The number of amides is 3. The zero-order chi connectivity index (χ0) is 18.8. The van der Waals surface area contributed by atoms with E-state index in [0.717, 1.165) is 26.1 Å². The first-order valence-electron chi connectivity index (χ1n) is 9.91. The Kier molecular flexibility index (Phi) is 5.20. The normalized spacial score (nSPS) is 23.1. The van der Waals surface area contributed by atoms with E-state index in [1.165, 1.54) is 25.9 Å². The summed E-state index contributed by atoms with van der Waals surface area (Å²) in [7, 11) is 1.58. The lowest BCUT2D eigenvalue weighted by Crippen LogP contribution is -2.32. The van der Waals surface area contributed by atoms with Crippen molar-refractivity contribution in [2.24, 2.45) is 5.92 Å². The van der Waals surface area contributed by atoms with Crippen molar-refractivity contribution >= 4 is 17.6 Å². The molecule has 3 aliphatic heterocycles. The Hall–Kier alpha value is -2.28. The van der Waals surface area contributed by atoms with Crippen LogP contribution >= 0.6 is 0 Å². The van der Waals surface area contributed by atoms with E-state index in [1.54, 1.807) is 30.2 Å². The zero-order valence-electron chi connectivity index (χ0n) is 15.9. The first-order chi connectivity index (χ1) is 13.2. The van der Waals surface area contributed by atoms with Gasteiger partial charge in [0, 0.05) is 38.3 Å². The van der Waals surface area contributed by atoms with Crippen LogP contribution in [0.1, 0.15) is 29.6 Å². The van der Waals surface area contributed by atoms with Crippen molar-refractivity contribution in [1.82, 2.24) is 15.1 Å². The summed E-state index contributed by atoms with van der Waals surface area (Å²) in [4.78, 5) is 31.2. The summed E-state index contributed by atoms with van der Waals surface area (Å²) in [5, 5.41) is 2.79. The summed E-state index contributed by atoms with van der Waals surface area (Å²) in [6.07, 6.45) is 3.67. The maximum atomic E-state index is 13.0. The molecule has 27 heavy (non-hydrogen) atoms. The molecule has 0 aliphatic carbocycles. The van der Waals surface area contributed by atoms with E-state index in [-0.39, 0.29) is 11.9 Å². The number of nitrogens with zero attached hydrogens (tertiary/aromatic N) is 3. The highest BCUT2D eigenvalue weighted by atomic mass is 16.5. The number of carbonyl (C=O) groups is 2. The Morgan fingerprint density at radius 3 is 2.74 bits per heavy atom. The number of anilines is 1. The topological polar surface area (TPSA) is 65.1 Å². The van der Waals surface area contributed by atoms with Crippen LogP contribution in [0.25, 0.3) is 0 Å². The highest BCUT2D eigenvalue weighted by Gasteiger charge is 2.30. The van der Waals surface area contributed by atoms with Gasteiger partial charge in [0.1, 0.15) is 5.75 Å². The number of benzene rings is 1. The second-order valence-corrected chi connectivity index (χ2v) is 7.68. The average molecular weight is 372 g/mol. The van der Waals surface area contributed by atoms with E-state index in [1.807, 2.05) is 4.90 Å². The van der Waals surface area contributed by atoms with Crippen molar-refractivity contribution in [2.75, 3.05) is 57.8 Å². The van der Waals surface area contributed by atoms with Crippen molar-refractivity contribution in [3.8, 4) is 5.75 Å². The number of hydrogen-bond acceptors (Lipinski definition) is 4. The number of nitrogens with one attached hydrogen (secondary N) is 1. The first kappa shape index (κ1) is 18.1. The highest BCUT2D eigenvalue weighted by Crippen LogP contribution is 2.31. The van der Waals surface area contributed by atoms with Crippen LogP contribution in [-0.2, 0) is 0 Å². The molecule has 1 N–H and O–H groups in total. The molecular weight excluding hydrogens is 344 g/mol. The fourth-order valence-corrected chi connectivity index (χ4v) is 4.41. The maximum Gasteiger partial charge on any atom is 0.322 e. The fraction of sp³-hybridized carbons (Fsp3) is 0.600. The predicted molar refractivity (Wildman–Crippen MR) is 103 cm³/mol. The Morgan fingerprint density at radius 2 is 2.04 bits per heavy atom. The minimum absolute atomic E-state index is 0.0439. The van der Waals surface area contributed by atoms with Gasteiger partial charge in [-0.05, 0) is 56.5 Å². The standard InChI is InChI=1S/C20H28N4O3/c1-27-18-5-4-16(12-17(18)24-11-7-21-20(24)26)19(25)23-10-6-15(14-23)13-22-8-2-3-9-22/h4-5,12,15H,2-3,6-11,13-14H2,1H3,(H,21,26). The molecule has 3 heterocycles. The van der Waals surface area contributed by atoms with Crippen LogP contribution in [0.2, 0.25) is 0 Å². The lowest BCUT2D eigenvalue weighted by atomic mass is 10.1. The summed E-state index contributed by atoms with van der Waals surface area (Å²) in [6.45, 7) is 6.31. The molecule has 0 bridgehead atoms. The molecule has 1 aromatic carbocycles. The number of rotatable bonds is 5. The van der Waals surface area contributed by atoms with E-state index in [2.05, 4.69) is 10.2 Å². The molecule has 0 radical (unpaired) electrons. The molecule has 0 spiro atoms. The number of likely N-dealkylation sites (tertiary alicyclic amines) is 2. The van der Waals surface area contributed by atoms with Gasteiger partial charge in [0.25, 0.3) is 5.91 Å². The summed E-state index contributed by atoms with van der Waals surface area (Å²) in [5.74, 6) is 1.22. The molecular formula is C20H28N4O3. The molecule has 1 atom stereocenters. The quantitative estimate of drug-likeness (QED) is 0.856. The molecule has 3 fully saturated rings. The molecule has 3 aliphatic rings. The van der Waals surface area contributed by atoms with E-state index in [4.69, 9.17) is 4.74 Å². The van der Waals surface area contributed by atoms with Gasteiger partial charge in [0.2, 0.25) is 0 Å². The lowest BCUT2D eigenvalue weighted by molar-refractivity contribution is 0.0784. The summed E-state index contributed by atoms with van der Waals surface area (Å²) in [6, 6.07) is 5.22. The highest BCUT2D eigenvalue weighted by molar-refractivity contribution is 6.00. The number of ether oxygens (including phenoxy) is 1. The van der Waals surface area contributed by atoms with Crippen LogP contribution in [0.5, 0.6) is 5.75 Å². The molecule has 3 saturated heterocycles. The van der Waals surface area contributed by atoms with Crippen LogP contribution < -0.4 is 15.0 Å². The van der Waals surface area contributed by atoms with Gasteiger partial charge in [-0.25, -0.2) is 4.79 Å². The van der Waals surface area contributed by atoms with Gasteiger partial charge in [0.05, 0.1) is 12.8 Å². The number of urea groups is 1. The molecule has 0 aromatic heterocycles. The van der Waals surface area contributed by atoms with Gasteiger partial charge in [-0.3, -0.25) is 9.69 Å². The van der Waals surface area contributed by atoms with Crippen LogP contribution in [-0.4, -0.2) is 74.7 Å². The van der Waals surface area contributed by atoms with E-state index in [0.29, 0.717) is 36.0 Å². The molecule has 7 heteroatoms. The summed E-state index contributed by atoms with van der Waals surface area (Å²) in [5.41, 5.74) is 1.28.